The van der Waals surface area contributed by atoms with E-state index < -0.39 is 15.9 Å². The van der Waals surface area contributed by atoms with E-state index in [1.54, 1.807) is 42.5 Å². The Balaban J connectivity index is 1.28. The van der Waals surface area contributed by atoms with E-state index in [0.717, 1.165) is 15.4 Å². The van der Waals surface area contributed by atoms with Gasteiger partial charge in [-0.25, -0.2) is 13.8 Å². The fourth-order valence-electron chi connectivity index (χ4n) is 3.95. The summed E-state index contributed by atoms with van der Waals surface area (Å²) in [4.78, 5) is 24.9. The Morgan fingerprint density at radius 3 is 2.00 bits per heavy atom. The monoisotopic (exact) mass is 584 g/mol. The highest BCUT2D eigenvalue weighted by Gasteiger charge is 2.26. The lowest BCUT2D eigenvalue weighted by Gasteiger charge is -2.21. The third-order valence-corrected chi connectivity index (χ3v) is 8.04. The molecule has 42 heavy (non-hydrogen) atoms. The molecule has 2 amide bonds. The number of carbonyl (C=O) groups excluding carboxylic acids is 2. The van der Waals surface area contributed by atoms with Gasteiger partial charge < -0.3 is 10.1 Å². The molecule has 0 aliphatic carbocycles. The molecule has 0 atom stereocenters. The molecule has 0 saturated heterocycles. The lowest BCUT2D eigenvalue weighted by atomic mass is 10.1. The van der Waals surface area contributed by atoms with E-state index in [2.05, 4.69) is 15.8 Å². The first-order valence-electron chi connectivity index (χ1n) is 13.3. The fourth-order valence-corrected chi connectivity index (χ4v) is 5.36. The Kier molecular flexibility index (Phi) is 11.0. The van der Waals surface area contributed by atoms with Crippen molar-refractivity contribution in [2.75, 3.05) is 19.7 Å². The summed E-state index contributed by atoms with van der Waals surface area (Å²) in [7, 11) is -3.90. The topological polar surface area (TPSA) is 117 Å². The van der Waals surface area contributed by atoms with Crippen LogP contribution < -0.4 is 15.5 Å². The maximum Gasteiger partial charge on any atom is 0.258 e. The van der Waals surface area contributed by atoms with Gasteiger partial charge in [-0.1, -0.05) is 78.9 Å². The van der Waals surface area contributed by atoms with Crippen molar-refractivity contribution in [3.63, 3.8) is 0 Å². The number of rotatable bonds is 14. The van der Waals surface area contributed by atoms with Gasteiger partial charge in [0.2, 0.25) is 10.0 Å². The minimum absolute atomic E-state index is 0.116. The molecule has 0 aliphatic heterocycles. The molecular formula is C32H32N4O5S. The average Bonchev–Trinajstić information content (AvgIpc) is 3.03. The van der Waals surface area contributed by atoms with Crippen LogP contribution in [0.15, 0.2) is 125 Å². The van der Waals surface area contributed by atoms with Crippen LogP contribution in [0.3, 0.4) is 0 Å². The molecule has 0 spiro atoms. The summed E-state index contributed by atoms with van der Waals surface area (Å²) in [5.41, 5.74) is 5.04. The van der Waals surface area contributed by atoms with Crippen molar-refractivity contribution in [2.24, 2.45) is 5.10 Å². The van der Waals surface area contributed by atoms with E-state index in [1.165, 1.54) is 18.3 Å². The van der Waals surface area contributed by atoms with E-state index in [9.17, 15) is 18.0 Å². The van der Waals surface area contributed by atoms with E-state index in [0.29, 0.717) is 24.3 Å². The van der Waals surface area contributed by atoms with Gasteiger partial charge in [-0.15, -0.1) is 0 Å². The Morgan fingerprint density at radius 1 is 0.762 bits per heavy atom. The van der Waals surface area contributed by atoms with Crippen LogP contribution in [-0.2, 0) is 32.6 Å². The molecular weight excluding hydrogens is 552 g/mol. The molecule has 216 valence electrons. The number of hydrogen-bond acceptors (Lipinski definition) is 6. The van der Waals surface area contributed by atoms with Crippen molar-refractivity contribution < 1.29 is 22.7 Å². The zero-order valence-corrected chi connectivity index (χ0v) is 23.7. The highest BCUT2D eigenvalue weighted by molar-refractivity contribution is 7.89. The van der Waals surface area contributed by atoms with Crippen molar-refractivity contribution in [2.45, 2.75) is 17.9 Å². The van der Waals surface area contributed by atoms with Crippen LogP contribution in [0.2, 0.25) is 0 Å². The van der Waals surface area contributed by atoms with Crippen LogP contribution in [0.4, 0.5) is 0 Å². The second-order valence-corrected chi connectivity index (χ2v) is 11.2. The third kappa shape index (κ3) is 9.39. The van der Waals surface area contributed by atoms with Crippen molar-refractivity contribution in [1.82, 2.24) is 15.0 Å². The Labute approximate surface area is 245 Å². The number of hydrogen-bond donors (Lipinski definition) is 2. The number of benzene rings is 4. The molecule has 0 saturated carbocycles. The Hall–Kier alpha value is -4.80. The van der Waals surface area contributed by atoms with Gasteiger partial charge in [0.25, 0.3) is 11.8 Å². The molecule has 0 unspecified atom stereocenters. The first-order valence-corrected chi connectivity index (χ1v) is 14.8. The summed E-state index contributed by atoms with van der Waals surface area (Å²) in [6, 6.07) is 33.9. The summed E-state index contributed by atoms with van der Waals surface area (Å²) in [6.45, 7) is 0.0424. The van der Waals surface area contributed by atoms with E-state index in [1.807, 2.05) is 60.7 Å². The number of carbonyl (C=O) groups is 2. The maximum absolute atomic E-state index is 13.3. The molecule has 0 bridgehead atoms. The number of ether oxygens (including phenoxy) is 1. The van der Waals surface area contributed by atoms with Crippen molar-refractivity contribution in [3.8, 4) is 5.75 Å². The summed E-state index contributed by atoms with van der Waals surface area (Å²) in [5.74, 6) is -0.300. The molecule has 4 rings (SSSR count). The smallest absolute Gasteiger partial charge is 0.258 e. The van der Waals surface area contributed by atoms with Crippen LogP contribution in [0.25, 0.3) is 0 Å². The summed E-state index contributed by atoms with van der Waals surface area (Å²) in [5, 5.41) is 6.77. The lowest BCUT2D eigenvalue weighted by molar-refractivity contribution is -0.123. The second kappa shape index (κ2) is 15.3. The molecule has 0 aromatic heterocycles. The maximum atomic E-state index is 13.3. The molecule has 4 aromatic carbocycles. The molecule has 0 fully saturated rings. The molecule has 4 aromatic rings. The van der Waals surface area contributed by atoms with Crippen LogP contribution in [0, 0.1) is 0 Å². The van der Waals surface area contributed by atoms with Gasteiger partial charge in [-0.3, -0.25) is 9.59 Å². The normalized spacial score (nSPS) is 11.4. The molecule has 0 radical (unpaired) electrons. The van der Waals surface area contributed by atoms with Crippen molar-refractivity contribution >= 4 is 28.1 Å². The third-order valence-electron chi connectivity index (χ3n) is 6.18. The highest BCUT2D eigenvalue weighted by Crippen LogP contribution is 2.16. The summed E-state index contributed by atoms with van der Waals surface area (Å²) < 4.78 is 33.3. The highest BCUT2D eigenvalue weighted by atomic mass is 32.2. The average molecular weight is 585 g/mol. The van der Waals surface area contributed by atoms with Gasteiger partial charge in [-0.2, -0.15) is 9.41 Å². The predicted octanol–water partition coefficient (Wildman–Crippen LogP) is 3.77. The van der Waals surface area contributed by atoms with Gasteiger partial charge in [-0.05, 0) is 59.5 Å². The fraction of sp³-hybridized carbons (Fsp3) is 0.156. The lowest BCUT2D eigenvalue weighted by Crippen LogP contribution is -2.40. The minimum Gasteiger partial charge on any atom is -0.484 e. The Morgan fingerprint density at radius 2 is 1.36 bits per heavy atom. The first-order chi connectivity index (χ1) is 20.4. The minimum atomic E-state index is -3.90. The largest absolute Gasteiger partial charge is 0.484 e. The first kappa shape index (κ1) is 30.2. The molecule has 0 heterocycles. The summed E-state index contributed by atoms with van der Waals surface area (Å²) in [6.07, 6.45) is 1.89. The molecule has 10 heteroatoms. The Bertz CT molecular complexity index is 1560. The van der Waals surface area contributed by atoms with Gasteiger partial charge >= 0.3 is 0 Å². The van der Waals surface area contributed by atoms with Crippen LogP contribution in [0.1, 0.15) is 16.7 Å². The second-order valence-electron chi connectivity index (χ2n) is 9.30. The van der Waals surface area contributed by atoms with Gasteiger partial charge in [0, 0.05) is 13.1 Å². The zero-order valence-electron chi connectivity index (χ0n) is 22.9. The zero-order chi connectivity index (χ0) is 29.6. The van der Waals surface area contributed by atoms with E-state index in [-0.39, 0.29) is 30.5 Å². The number of amides is 2. The van der Waals surface area contributed by atoms with Crippen molar-refractivity contribution in [1.29, 1.82) is 0 Å². The summed E-state index contributed by atoms with van der Waals surface area (Å²) >= 11 is 0. The quantitative estimate of drug-likeness (QED) is 0.173. The van der Waals surface area contributed by atoms with Gasteiger partial charge in [0.15, 0.2) is 6.61 Å². The van der Waals surface area contributed by atoms with E-state index >= 15 is 0 Å². The van der Waals surface area contributed by atoms with Crippen molar-refractivity contribution in [3.05, 3.63) is 132 Å². The van der Waals surface area contributed by atoms with Crippen LogP contribution in [-0.4, -0.2) is 50.4 Å². The molecule has 2 N–H and O–H groups in total. The predicted molar refractivity (Wildman–Crippen MR) is 161 cm³/mol. The number of nitrogens with one attached hydrogen (secondary N) is 2. The molecule has 0 aliphatic rings. The standard InChI is InChI=1S/C32H32N4O5S/c37-31(24-36(21-20-26-10-4-1-5-11-26)42(39,40)30-14-8-3-9-15-30)35-34-23-28-16-18-29(19-17-28)41-25-32(38)33-22-27-12-6-2-7-13-27/h1-19,23H,20-22,24-25H2,(H,33,38)(H,35,37)/b34-23-. The number of nitrogens with zero attached hydrogens (tertiary/aromatic N) is 2. The number of hydrazone groups is 1. The van der Waals surface area contributed by atoms with Crippen LogP contribution >= 0.6 is 0 Å². The van der Waals surface area contributed by atoms with Crippen LogP contribution in [0.5, 0.6) is 5.75 Å². The molecule has 9 nitrogen and oxygen atoms in total. The van der Waals surface area contributed by atoms with E-state index in [4.69, 9.17) is 4.74 Å². The number of sulfonamides is 1. The van der Waals surface area contributed by atoms with Gasteiger partial charge in [0.1, 0.15) is 5.75 Å². The van der Waals surface area contributed by atoms with Gasteiger partial charge in [0.05, 0.1) is 17.7 Å². The SMILES string of the molecule is O=C(COc1ccc(/C=N\NC(=O)CN(CCc2ccccc2)S(=O)(=O)c2ccccc2)cc1)NCc1ccccc1.